The first-order chi connectivity index (χ1) is 14.1. The van der Waals surface area contributed by atoms with Crippen LogP contribution in [0.1, 0.15) is 27.2 Å². The second-order valence-electron chi connectivity index (χ2n) is 9.73. The van der Waals surface area contributed by atoms with Gasteiger partial charge in [0.05, 0.1) is 12.7 Å². The summed E-state index contributed by atoms with van der Waals surface area (Å²) in [5, 5.41) is 13.0. The van der Waals surface area contributed by atoms with Gasteiger partial charge in [-0.2, -0.15) is 0 Å². The standard InChI is InChI=1S/C26H36O2Si2/c1-26(2,3)30(24-17-11-7-12-18-24,25-19-13-8-14-20-25)28-22-23(27)16-10-9-15-21-29(4,5)6/h7-8,10-14,16-20,23,27H,9,22H2,1-6H3/b16-10+. The zero-order valence-electron chi connectivity index (χ0n) is 19.3. The molecule has 2 aromatic carbocycles. The van der Waals surface area contributed by atoms with E-state index in [-0.39, 0.29) is 11.6 Å². The van der Waals surface area contributed by atoms with Gasteiger partial charge in [0.2, 0.25) is 0 Å². The molecule has 0 fully saturated rings. The molecule has 1 N–H and O–H groups in total. The summed E-state index contributed by atoms with van der Waals surface area (Å²) in [6.07, 6.45) is 3.78. The van der Waals surface area contributed by atoms with Crippen molar-refractivity contribution in [2.45, 2.75) is 58.0 Å². The molecule has 0 aromatic heterocycles. The summed E-state index contributed by atoms with van der Waals surface area (Å²) in [6.45, 7) is 13.7. The normalized spacial score (nSPS) is 13.7. The molecule has 0 amide bonds. The summed E-state index contributed by atoms with van der Waals surface area (Å²) in [5.41, 5.74) is 3.35. The molecule has 160 valence electrons. The van der Waals surface area contributed by atoms with Gasteiger partial charge in [-0.05, 0) is 15.4 Å². The van der Waals surface area contributed by atoms with E-state index in [1.54, 1.807) is 0 Å². The Labute approximate surface area is 185 Å². The third-order valence-corrected chi connectivity index (χ3v) is 10.9. The van der Waals surface area contributed by atoms with Crippen molar-refractivity contribution in [1.29, 1.82) is 0 Å². The third-order valence-electron chi connectivity index (χ3n) is 4.93. The lowest BCUT2D eigenvalue weighted by molar-refractivity contribution is 0.138. The van der Waals surface area contributed by atoms with Crippen molar-refractivity contribution in [3.63, 3.8) is 0 Å². The quantitative estimate of drug-likeness (QED) is 0.385. The highest BCUT2D eigenvalue weighted by atomic mass is 28.4. The number of aliphatic hydroxyl groups excluding tert-OH is 1. The molecule has 2 nitrogen and oxygen atoms in total. The number of hydrogen-bond donors (Lipinski definition) is 1. The van der Waals surface area contributed by atoms with Crippen molar-refractivity contribution in [2.75, 3.05) is 6.61 Å². The van der Waals surface area contributed by atoms with Crippen molar-refractivity contribution >= 4 is 26.8 Å². The number of aliphatic hydroxyl groups is 1. The van der Waals surface area contributed by atoms with E-state index in [1.807, 2.05) is 24.3 Å². The first kappa shape index (κ1) is 24.4. The van der Waals surface area contributed by atoms with Gasteiger partial charge in [-0.3, -0.25) is 0 Å². The van der Waals surface area contributed by atoms with E-state index in [0.29, 0.717) is 6.42 Å². The SMILES string of the molecule is CC(C)(C)[Si](OCC(O)/C=C/CC#C[Si](C)(C)C)(c1ccccc1)c1ccccc1. The van der Waals surface area contributed by atoms with Gasteiger partial charge >= 0.3 is 0 Å². The Morgan fingerprint density at radius 2 is 1.43 bits per heavy atom. The molecule has 0 heterocycles. The maximum Gasteiger partial charge on any atom is 0.261 e. The van der Waals surface area contributed by atoms with Crippen LogP contribution in [-0.2, 0) is 4.43 Å². The van der Waals surface area contributed by atoms with Crippen molar-refractivity contribution < 1.29 is 9.53 Å². The van der Waals surface area contributed by atoms with Crippen LogP contribution in [0.15, 0.2) is 72.8 Å². The van der Waals surface area contributed by atoms with Gasteiger partial charge in [0.1, 0.15) is 8.07 Å². The molecule has 0 radical (unpaired) electrons. The molecule has 0 aliphatic rings. The summed E-state index contributed by atoms with van der Waals surface area (Å²) in [7, 11) is -3.95. The lowest BCUT2D eigenvalue weighted by atomic mass is 10.2. The van der Waals surface area contributed by atoms with Crippen molar-refractivity contribution in [3.8, 4) is 11.5 Å². The maximum atomic E-state index is 10.6. The van der Waals surface area contributed by atoms with Crippen LogP contribution in [-0.4, -0.2) is 34.2 Å². The van der Waals surface area contributed by atoms with Crippen molar-refractivity contribution in [1.82, 2.24) is 0 Å². The maximum absolute atomic E-state index is 10.6. The molecule has 0 aliphatic carbocycles. The number of hydrogen-bond acceptors (Lipinski definition) is 2. The molecular weight excluding hydrogens is 400 g/mol. The fraction of sp³-hybridized carbons (Fsp3) is 0.385. The Morgan fingerprint density at radius 1 is 0.933 bits per heavy atom. The predicted octanol–water partition coefficient (Wildman–Crippen LogP) is 4.75. The molecule has 0 spiro atoms. The van der Waals surface area contributed by atoms with Gasteiger partial charge in [-0.25, -0.2) is 0 Å². The number of rotatable bonds is 7. The Kier molecular flexibility index (Phi) is 8.46. The molecular formula is C26H36O2Si2. The Morgan fingerprint density at radius 3 is 1.87 bits per heavy atom. The molecule has 2 aromatic rings. The van der Waals surface area contributed by atoms with Gasteiger partial charge in [-0.1, -0.05) is 113 Å². The highest BCUT2D eigenvalue weighted by Crippen LogP contribution is 2.36. The molecule has 1 atom stereocenters. The fourth-order valence-corrected chi connectivity index (χ4v) is 8.84. The van der Waals surface area contributed by atoms with Crippen LogP contribution >= 0.6 is 0 Å². The van der Waals surface area contributed by atoms with Crippen LogP contribution in [0, 0.1) is 11.5 Å². The highest BCUT2D eigenvalue weighted by Gasteiger charge is 2.50. The smallest absolute Gasteiger partial charge is 0.261 e. The van der Waals surface area contributed by atoms with Gasteiger partial charge in [0.15, 0.2) is 0 Å². The lowest BCUT2D eigenvalue weighted by Crippen LogP contribution is -2.67. The first-order valence-electron chi connectivity index (χ1n) is 10.7. The largest absolute Gasteiger partial charge is 0.404 e. The van der Waals surface area contributed by atoms with E-state index >= 15 is 0 Å². The molecule has 1 unspecified atom stereocenters. The second kappa shape index (κ2) is 10.4. The molecule has 0 saturated heterocycles. The summed E-state index contributed by atoms with van der Waals surface area (Å²) in [5.74, 6) is 3.21. The lowest BCUT2D eigenvalue weighted by Gasteiger charge is -2.43. The van der Waals surface area contributed by atoms with E-state index in [9.17, 15) is 5.11 Å². The fourth-order valence-electron chi connectivity index (χ4n) is 3.63. The predicted molar refractivity (Wildman–Crippen MR) is 134 cm³/mol. The Bertz CT molecular complexity index is 827. The number of allylic oxidation sites excluding steroid dienone is 1. The minimum Gasteiger partial charge on any atom is -0.404 e. The topological polar surface area (TPSA) is 29.5 Å². The zero-order chi connectivity index (χ0) is 22.3. The average Bonchev–Trinajstić information content (AvgIpc) is 2.68. The molecule has 0 saturated carbocycles. The Balaban J connectivity index is 2.27. The molecule has 4 heteroatoms. The van der Waals surface area contributed by atoms with E-state index in [4.69, 9.17) is 4.43 Å². The van der Waals surface area contributed by atoms with Crippen LogP contribution in [0.4, 0.5) is 0 Å². The summed E-state index contributed by atoms with van der Waals surface area (Å²) in [6, 6.07) is 21.0. The first-order valence-corrected chi connectivity index (χ1v) is 16.1. The average molecular weight is 437 g/mol. The van der Waals surface area contributed by atoms with E-state index in [2.05, 4.69) is 100 Å². The van der Waals surface area contributed by atoms with Gasteiger partial charge in [0, 0.05) is 6.42 Å². The summed E-state index contributed by atoms with van der Waals surface area (Å²) in [4.78, 5) is 0. The van der Waals surface area contributed by atoms with Crippen LogP contribution in [0.2, 0.25) is 24.7 Å². The monoisotopic (exact) mass is 436 g/mol. The van der Waals surface area contributed by atoms with Crippen LogP contribution < -0.4 is 10.4 Å². The molecule has 0 aliphatic heterocycles. The zero-order valence-corrected chi connectivity index (χ0v) is 21.3. The highest BCUT2D eigenvalue weighted by molar-refractivity contribution is 6.99. The van der Waals surface area contributed by atoms with Gasteiger partial charge < -0.3 is 9.53 Å². The molecule has 30 heavy (non-hydrogen) atoms. The van der Waals surface area contributed by atoms with Gasteiger partial charge in [0.25, 0.3) is 8.32 Å². The van der Waals surface area contributed by atoms with Gasteiger partial charge in [-0.15, -0.1) is 11.5 Å². The van der Waals surface area contributed by atoms with Crippen LogP contribution in [0.25, 0.3) is 0 Å². The molecule has 0 bridgehead atoms. The Hall–Kier alpha value is -1.91. The third kappa shape index (κ3) is 6.55. The minimum atomic E-state index is -2.61. The minimum absolute atomic E-state index is 0.0953. The van der Waals surface area contributed by atoms with Crippen LogP contribution in [0.5, 0.6) is 0 Å². The summed E-state index contributed by atoms with van der Waals surface area (Å²) < 4.78 is 6.75. The molecule has 2 rings (SSSR count). The number of benzene rings is 2. The van der Waals surface area contributed by atoms with Crippen molar-refractivity contribution in [2.24, 2.45) is 0 Å². The van der Waals surface area contributed by atoms with E-state index < -0.39 is 22.5 Å². The van der Waals surface area contributed by atoms with Crippen LogP contribution in [0.3, 0.4) is 0 Å². The van der Waals surface area contributed by atoms with Crippen molar-refractivity contribution in [3.05, 3.63) is 72.8 Å². The second-order valence-corrected chi connectivity index (χ2v) is 18.8. The van der Waals surface area contributed by atoms with E-state index in [0.717, 1.165) is 0 Å². The summed E-state index contributed by atoms with van der Waals surface area (Å²) >= 11 is 0. The van der Waals surface area contributed by atoms with E-state index in [1.165, 1.54) is 10.4 Å².